The van der Waals surface area contributed by atoms with E-state index in [2.05, 4.69) is 25.6 Å². The van der Waals surface area contributed by atoms with Crippen molar-refractivity contribution in [1.82, 2.24) is 20.3 Å². The fourth-order valence-corrected chi connectivity index (χ4v) is 2.99. The Hall–Kier alpha value is -2.48. The van der Waals surface area contributed by atoms with E-state index in [1.165, 1.54) is 17.7 Å². The van der Waals surface area contributed by atoms with Gasteiger partial charge in [0.15, 0.2) is 0 Å². The Bertz CT molecular complexity index is 855. The van der Waals surface area contributed by atoms with Gasteiger partial charge in [0.1, 0.15) is 22.8 Å². The molecule has 0 saturated carbocycles. The van der Waals surface area contributed by atoms with E-state index in [0.717, 1.165) is 22.4 Å². The van der Waals surface area contributed by atoms with Gasteiger partial charge in [0.2, 0.25) is 5.71 Å². The van der Waals surface area contributed by atoms with Crippen LogP contribution in [0.5, 0.6) is 0 Å². The molecular weight excluding hydrogens is 314 g/mol. The van der Waals surface area contributed by atoms with Crippen LogP contribution in [0.1, 0.15) is 26.7 Å². The number of rotatable bonds is 5. The Morgan fingerprint density at radius 3 is 2.78 bits per heavy atom. The number of hydrogen-bond donors (Lipinski definition) is 2. The van der Waals surface area contributed by atoms with Crippen molar-refractivity contribution in [2.24, 2.45) is 0 Å². The number of aryl methyl sites for hydroxylation is 3. The minimum atomic E-state index is -0.102. The van der Waals surface area contributed by atoms with Crippen LogP contribution in [0, 0.1) is 20.8 Å². The Morgan fingerprint density at radius 2 is 2.04 bits per heavy atom. The molecule has 0 spiro atoms. The highest BCUT2D eigenvalue weighted by Crippen LogP contribution is 2.27. The molecule has 3 rings (SSSR count). The summed E-state index contributed by atoms with van der Waals surface area (Å²) in [5.41, 5.74) is 4.01. The van der Waals surface area contributed by atoms with Crippen LogP contribution in [0.4, 0.5) is 5.82 Å². The number of nitrogens with one attached hydrogen (secondary N) is 2. The maximum atomic E-state index is 12.0. The van der Waals surface area contributed by atoms with E-state index in [-0.39, 0.29) is 5.91 Å². The number of hydrogen-bond acceptors (Lipinski definition) is 7. The number of furan rings is 1. The Labute approximate surface area is 137 Å². The van der Waals surface area contributed by atoms with Crippen molar-refractivity contribution in [1.29, 1.82) is 0 Å². The summed E-state index contributed by atoms with van der Waals surface area (Å²) in [4.78, 5) is 25.1. The highest BCUT2D eigenvalue weighted by atomic mass is 32.1. The van der Waals surface area contributed by atoms with E-state index < -0.39 is 0 Å². The quantitative estimate of drug-likeness (QED) is 0.698. The molecule has 8 heteroatoms. The number of fused-ring (bicyclic) bond motifs is 1. The standard InChI is InChI=1S/C15H17N5O2S/c1-8-10(3)22-15-11(8)13(18-6-19-15)16-4-5-17-14(21)12-9(2)20-7-23-12/h6-7H,4-5H2,1-3H3,(H,17,21)(H,16,18,19). The fraction of sp³-hybridized carbons (Fsp3) is 0.333. The van der Waals surface area contributed by atoms with E-state index in [1.54, 1.807) is 5.51 Å². The lowest BCUT2D eigenvalue weighted by Gasteiger charge is -2.07. The normalized spacial score (nSPS) is 10.9. The van der Waals surface area contributed by atoms with Crippen LogP contribution in [0.3, 0.4) is 0 Å². The fourth-order valence-electron chi connectivity index (χ4n) is 2.27. The first kappa shape index (κ1) is 15.4. The molecule has 0 aliphatic rings. The monoisotopic (exact) mass is 331 g/mol. The number of thiazole rings is 1. The van der Waals surface area contributed by atoms with Crippen LogP contribution >= 0.6 is 11.3 Å². The van der Waals surface area contributed by atoms with Gasteiger partial charge in [-0.05, 0) is 20.8 Å². The molecule has 0 bridgehead atoms. The molecule has 3 aromatic rings. The Balaban J connectivity index is 1.61. The molecule has 0 saturated heterocycles. The van der Waals surface area contributed by atoms with Crippen molar-refractivity contribution in [3.63, 3.8) is 0 Å². The van der Waals surface area contributed by atoms with Crippen LogP contribution in [-0.2, 0) is 0 Å². The largest absolute Gasteiger partial charge is 0.443 e. The van der Waals surface area contributed by atoms with Gasteiger partial charge in [0.05, 0.1) is 16.6 Å². The average molecular weight is 331 g/mol. The van der Waals surface area contributed by atoms with E-state index >= 15 is 0 Å². The van der Waals surface area contributed by atoms with Crippen molar-refractivity contribution in [3.05, 3.63) is 33.7 Å². The molecule has 0 radical (unpaired) electrons. The second-order valence-electron chi connectivity index (χ2n) is 5.14. The lowest BCUT2D eigenvalue weighted by atomic mass is 10.2. The topological polar surface area (TPSA) is 92.9 Å². The van der Waals surface area contributed by atoms with Crippen LogP contribution in [-0.4, -0.2) is 33.9 Å². The zero-order chi connectivity index (χ0) is 16.4. The second-order valence-corrected chi connectivity index (χ2v) is 5.99. The number of aromatic nitrogens is 3. The maximum Gasteiger partial charge on any atom is 0.263 e. The summed E-state index contributed by atoms with van der Waals surface area (Å²) < 4.78 is 5.58. The molecule has 0 aliphatic carbocycles. The zero-order valence-electron chi connectivity index (χ0n) is 13.1. The SMILES string of the molecule is Cc1ncsc1C(=O)NCCNc1ncnc2oc(C)c(C)c12. The first-order valence-electron chi connectivity index (χ1n) is 7.20. The summed E-state index contributed by atoms with van der Waals surface area (Å²) in [5.74, 6) is 1.44. The van der Waals surface area contributed by atoms with Gasteiger partial charge in [-0.3, -0.25) is 4.79 Å². The first-order chi connectivity index (χ1) is 11.1. The van der Waals surface area contributed by atoms with Gasteiger partial charge in [-0.1, -0.05) is 0 Å². The van der Waals surface area contributed by atoms with E-state index in [9.17, 15) is 4.79 Å². The summed E-state index contributed by atoms with van der Waals surface area (Å²) in [6.07, 6.45) is 1.46. The van der Waals surface area contributed by atoms with Gasteiger partial charge in [-0.15, -0.1) is 11.3 Å². The molecule has 0 fully saturated rings. The molecule has 0 aromatic carbocycles. The lowest BCUT2D eigenvalue weighted by molar-refractivity contribution is 0.0958. The van der Waals surface area contributed by atoms with Crippen molar-refractivity contribution in [2.45, 2.75) is 20.8 Å². The van der Waals surface area contributed by atoms with E-state index in [0.29, 0.717) is 29.5 Å². The molecule has 0 atom stereocenters. The van der Waals surface area contributed by atoms with Gasteiger partial charge >= 0.3 is 0 Å². The van der Waals surface area contributed by atoms with Crippen molar-refractivity contribution in [2.75, 3.05) is 18.4 Å². The third-order valence-corrected chi connectivity index (χ3v) is 4.55. The molecule has 120 valence electrons. The predicted octanol–water partition coefficient (Wildman–Crippen LogP) is 2.45. The minimum absolute atomic E-state index is 0.102. The number of carbonyl (C=O) groups excluding carboxylic acids is 1. The van der Waals surface area contributed by atoms with Crippen LogP contribution in [0.15, 0.2) is 16.3 Å². The summed E-state index contributed by atoms with van der Waals surface area (Å²) in [5, 5.41) is 6.97. The van der Waals surface area contributed by atoms with E-state index in [4.69, 9.17) is 4.42 Å². The first-order valence-corrected chi connectivity index (χ1v) is 8.08. The molecule has 7 nitrogen and oxygen atoms in total. The van der Waals surface area contributed by atoms with Crippen LogP contribution in [0.25, 0.3) is 11.1 Å². The minimum Gasteiger partial charge on any atom is -0.443 e. The zero-order valence-corrected chi connectivity index (χ0v) is 14.0. The summed E-state index contributed by atoms with van der Waals surface area (Å²) in [6.45, 7) is 6.74. The van der Waals surface area contributed by atoms with Crippen LogP contribution in [0.2, 0.25) is 0 Å². The number of anilines is 1. The van der Waals surface area contributed by atoms with Gasteiger partial charge in [-0.2, -0.15) is 0 Å². The summed E-state index contributed by atoms with van der Waals surface area (Å²) >= 11 is 1.34. The summed E-state index contributed by atoms with van der Waals surface area (Å²) in [6, 6.07) is 0. The third-order valence-electron chi connectivity index (χ3n) is 3.62. The highest BCUT2D eigenvalue weighted by Gasteiger charge is 2.14. The van der Waals surface area contributed by atoms with Gasteiger partial charge in [-0.25, -0.2) is 15.0 Å². The number of carbonyl (C=O) groups is 1. The number of nitrogens with zero attached hydrogens (tertiary/aromatic N) is 3. The molecular formula is C15H17N5O2S. The number of amides is 1. The predicted molar refractivity (Wildman–Crippen MR) is 89.0 cm³/mol. The average Bonchev–Trinajstić information content (AvgIpc) is 3.08. The molecule has 3 aromatic heterocycles. The molecule has 2 N–H and O–H groups in total. The Kier molecular flexibility index (Phi) is 4.24. The second kappa shape index (κ2) is 6.33. The van der Waals surface area contributed by atoms with Gasteiger partial charge in [0, 0.05) is 18.7 Å². The summed E-state index contributed by atoms with van der Waals surface area (Å²) in [7, 11) is 0. The third kappa shape index (κ3) is 3.02. The maximum absolute atomic E-state index is 12.0. The van der Waals surface area contributed by atoms with Crippen LogP contribution < -0.4 is 10.6 Å². The molecule has 0 unspecified atom stereocenters. The van der Waals surface area contributed by atoms with E-state index in [1.807, 2.05) is 20.8 Å². The highest BCUT2D eigenvalue weighted by molar-refractivity contribution is 7.11. The van der Waals surface area contributed by atoms with Gasteiger partial charge < -0.3 is 15.1 Å². The van der Waals surface area contributed by atoms with Crippen molar-refractivity contribution >= 4 is 34.2 Å². The molecule has 23 heavy (non-hydrogen) atoms. The smallest absolute Gasteiger partial charge is 0.263 e. The lowest BCUT2D eigenvalue weighted by Crippen LogP contribution is -2.28. The molecule has 0 aliphatic heterocycles. The Morgan fingerprint density at radius 1 is 1.22 bits per heavy atom. The molecule has 1 amide bonds. The van der Waals surface area contributed by atoms with Gasteiger partial charge in [0.25, 0.3) is 5.91 Å². The molecule has 3 heterocycles. The van der Waals surface area contributed by atoms with Crippen molar-refractivity contribution < 1.29 is 9.21 Å². The van der Waals surface area contributed by atoms with Crippen molar-refractivity contribution in [3.8, 4) is 0 Å².